The molecule has 1 fully saturated rings. The highest BCUT2D eigenvalue weighted by molar-refractivity contribution is 7.89. The fourth-order valence-electron chi connectivity index (χ4n) is 2.09. The van der Waals surface area contributed by atoms with E-state index >= 15 is 0 Å². The Hall–Kier alpha value is -1.44. The van der Waals surface area contributed by atoms with E-state index < -0.39 is 10.0 Å². The van der Waals surface area contributed by atoms with Crippen LogP contribution in [0.4, 0.5) is 5.69 Å². The average molecular weight is 298 g/mol. The number of amides is 1. The SMILES string of the molecule is CC(=O)Nc1cccc(S(=O)(=O)N2CCOC(C)C2)c1. The van der Waals surface area contributed by atoms with Crippen molar-refractivity contribution in [2.75, 3.05) is 25.0 Å². The molecule has 1 amide bonds. The fourth-order valence-corrected chi connectivity index (χ4v) is 3.64. The summed E-state index contributed by atoms with van der Waals surface area (Å²) >= 11 is 0. The van der Waals surface area contributed by atoms with Gasteiger partial charge in [0.2, 0.25) is 15.9 Å². The van der Waals surface area contributed by atoms with E-state index in [1.54, 1.807) is 12.1 Å². The molecule has 0 radical (unpaired) electrons. The summed E-state index contributed by atoms with van der Waals surface area (Å²) in [4.78, 5) is 11.2. The van der Waals surface area contributed by atoms with Crippen LogP contribution in [0, 0.1) is 0 Å². The van der Waals surface area contributed by atoms with Gasteiger partial charge in [0.1, 0.15) is 0 Å². The number of anilines is 1. The van der Waals surface area contributed by atoms with Crippen molar-refractivity contribution >= 4 is 21.6 Å². The van der Waals surface area contributed by atoms with Crippen molar-refractivity contribution in [3.05, 3.63) is 24.3 Å². The Morgan fingerprint density at radius 1 is 1.45 bits per heavy atom. The minimum atomic E-state index is -3.55. The van der Waals surface area contributed by atoms with Gasteiger partial charge < -0.3 is 10.1 Å². The standard InChI is InChI=1S/C13H18N2O4S/c1-10-9-15(6-7-19-10)20(17,18)13-5-3-4-12(8-13)14-11(2)16/h3-5,8,10H,6-7,9H2,1-2H3,(H,14,16). The molecule has 6 nitrogen and oxygen atoms in total. The zero-order chi connectivity index (χ0) is 14.8. The number of nitrogens with one attached hydrogen (secondary N) is 1. The number of morpholine rings is 1. The van der Waals surface area contributed by atoms with E-state index in [0.717, 1.165) is 0 Å². The predicted molar refractivity (Wildman–Crippen MR) is 74.9 cm³/mol. The Kier molecular flexibility index (Phi) is 4.42. The van der Waals surface area contributed by atoms with Crippen LogP contribution < -0.4 is 5.32 Å². The molecule has 1 aromatic carbocycles. The molecule has 0 saturated carbocycles. The van der Waals surface area contributed by atoms with Gasteiger partial charge in [0, 0.05) is 25.7 Å². The van der Waals surface area contributed by atoms with Gasteiger partial charge in [-0.25, -0.2) is 8.42 Å². The van der Waals surface area contributed by atoms with Crippen molar-refractivity contribution in [3.63, 3.8) is 0 Å². The third-order valence-corrected chi connectivity index (χ3v) is 4.86. The second-order valence-electron chi connectivity index (χ2n) is 4.75. The van der Waals surface area contributed by atoms with E-state index in [0.29, 0.717) is 25.4 Å². The zero-order valence-corrected chi connectivity index (χ0v) is 12.3. The van der Waals surface area contributed by atoms with Gasteiger partial charge in [-0.05, 0) is 25.1 Å². The number of benzene rings is 1. The summed E-state index contributed by atoms with van der Waals surface area (Å²) in [6.45, 7) is 4.30. The number of nitrogens with zero attached hydrogens (tertiary/aromatic N) is 1. The van der Waals surface area contributed by atoms with Gasteiger partial charge in [-0.15, -0.1) is 0 Å². The van der Waals surface area contributed by atoms with Crippen LogP contribution in [0.2, 0.25) is 0 Å². The molecule has 20 heavy (non-hydrogen) atoms. The van der Waals surface area contributed by atoms with Gasteiger partial charge in [-0.1, -0.05) is 6.07 Å². The Labute approximate surface area is 118 Å². The number of rotatable bonds is 3. The van der Waals surface area contributed by atoms with Crippen LogP contribution in [-0.4, -0.2) is 44.4 Å². The van der Waals surface area contributed by atoms with E-state index in [2.05, 4.69) is 5.32 Å². The largest absolute Gasteiger partial charge is 0.376 e. The van der Waals surface area contributed by atoms with E-state index in [4.69, 9.17) is 4.74 Å². The first-order valence-corrected chi connectivity index (χ1v) is 7.83. The summed E-state index contributed by atoms with van der Waals surface area (Å²) in [6, 6.07) is 6.27. The van der Waals surface area contributed by atoms with Gasteiger partial charge in [-0.3, -0.25) is 4.79 Å². The molecule has 1 aromatic rings. The topological polar surface area (TPSA) is 75.7 Å². The number of sulfonamides is 1. The van der Waals surface area contributed by atoms with Crippen LogP contribution in [0.1, 0.15) is 13.8 Å². The van der Waals surface area contributed by atoms with Gasteiger partial charge >= 0.3 is 0 Å². The lowest BCUT2D eigenvalue weighted by molar-refractivity contribution is -0.114. The van der Waals surface area contributed by atoms with Crippen LogP contribution in [-0.2, 0) is 19.6 Å². The Morgan fingerprint density at radius 2 is 2.20 bits per heavy atom. The van der Waals surface area contributed by atoms with Crippen LogP contribution >= 0.6 is 0 Å². The third kappa shape index (κ3) is 3.36. The molecule has 7 heteroatoms. The second-order valence-corrected chi connectivity index (χ2v) is 6.69. The van der Waals surface area contributed by atoms with Crippen molar-refractivity contribution in [2.45, 2.75) is 24.8 Å². The molecule has 1 unspecified atom stereocenters. The summed E-state index contributed by atoms with van der Waals surface area (Å²) in [5, 5.41) is 2.58. The van der Waals surface area contributed by atoms with Crippen molar-refractivity contribution in [2.24, 2.45) is 0 Å². The summed E-state index contributed by atoms with van der Waals surface area (Å²) in [6.07, 6.45) is -0.114. The number of carbonyl (C=O) groups excluding carboxylic acids is 1. The Bertz CT molecular complexity index is 600. The van der Waals surface area contributed by atoms with Crippen molar-refractivity contribution in [1.29, 1.82) is 0 Å². The van der Waals surface area contributed by atoms with Gasteiger partial charge in [-0.2, -0.15) is 4.31 Å². The third-order valence-electron chi connectivity index (χ3n) is 3.00. The Balaban J connectivity index is 2.27. The van der Waals surface area contributed by atoms with E-state index in [1.165, 1.54) is 23.4 Å². The molecule has 1 saturated heterocycles. The average Bonchev–Trinajstić information content (AvgIpc) is 2.38. The number of hydrogen-bond acceptors (Lipinski definition) is 4. The molecule has 0 bridgehead atoms. The van der Waals surface area contributed by atoms with Gasteiger partial charge in [0.25, 0.3) is 0 Å². The quantitative estimate of drug-likeness (QED) is 0.905. The summed E-state index contributed by atoms with van der Waals surface area (Å²) in [7, 11) is -3.55. The molecule has 1 aliphatic rings. The molecule has 1 N–H and O–H groups in total. The lowest BCUT2D eigenvalue weighted by Crippen LogP contribution is -2.44. The number of hydrogen-bond donors (Lipinski definition) is 1. The molecule has 1 heterocycles. The minimum absolute atomic E-state index is 0.114. The lowest BCUT2D eigenvalue weighted by atomic mass is 10.3. The molecule has 0 aliphatic carbocycles. The molecular weight excluding hydrogens is 280 g/mol. The highest BCUT2D eigenvalue weighted by Gasteiger charge is 2.29. The number of carbonyl (C=O) groups is 1. The van der Waals surface area contributed by atoms with Crippen LogP contribution in [0.3, 0.4) is 0 Å². The highest BCUT2D eigenvalue weighted by Crippen LogP contribution is 2.21. The van der Waals surface area contributed by atoms with E-state index in [1.807, 2.05) is 6.92 Å². The van der Waals surface area contributed by atoms with Gasteiger partial charge in [0.05, 0.1) is 17.6 Å². The molecule has 0 spiro atoms. The molecular formula is C13H18N2O4S. The number of ether oxygens (including phenoxy) is 1. The van der Waals surface area contributed by atoms with Crippen molar-refractivity contribution in [1.82, 2.24) is 4.31 Å². The van der Waals surface area contributed by atoms with Crippen LogP contribution in [0.5, 0.6) is 0 Å². The molecule has 110 valence electrons. The van der Waals surface area contributed by atoms with Crippen LogP contribution in [0.15, 0.2) is 29.2 Å². The first-order valence-electron chi connectivity index (χ1n) is 6.39. The minimum Gasteiger partial charge on any atom is -0.376 e. The summed E-state index contributed by atoms with van der Waals surface area (Å²) in [5.41, 5.74) is 0.472. The molecule has 2 rings (SSSR count). The fraction of sp³-hybridized carbons (Fsp3) is 0.462. The van der Waals surface area contributed by atoms with Crippen LogP contribution in [0.25, 0.3) is 0 Å². The van der Waals surface area contributed by atoms with Crippen molar-refractivity contribution in [3.8, 4) is 0 Å². The lowest BCUT2D eigenvalue weighted by Gasteiger charge is -2.30. The molecule has 1 atom stereocenters. The van der Waals surface area contributed by atoms with E-state index in [-0.39, 0.29) is 16.9 Å². The first kappa shape index (κ1) is 15.0. The van der Waals surface area contributed by atoms with Crippen molar-refractivity contribution < 1.29 is 17.9 Å². The predicted octanol–water partition coefficient (Wildman–Crippen LogP) is 1.05. The molecule has 0 aromatic heterocycles. The summed E-state index contributed by atoms with van der Waals surface area (Å²) < 4.78 is 31.8. The summed E-state index contributed by atoms with van der Waals surface area (Å²) in [5.74, 6) is -0.237. The Morgan fingerprint density at radius 3 is 2.85 bits per heavy atom. The maximum Gasteiger partial charge on any atom is 0.243 e. The highest BCUT2D eigenvalue weighted by atomic mass is 32.2. The first-order chi connectivity index (χ1) is 9.39. The smallest absolute Gasteiger partial charge is 0.243 e. The maximum absolute atomic E-state index is 12.5. The monoisotopic (exact) mass is 298 g/mol. The normalized spacial score (nSPS) is 20.6. The molecule has 1 aliphatic heterocycles. The van der Waals surface area contributed by atoms with E-state index in [9.17, 15) is 13.2 Å². The van der Waals surface area contributed by atoms with Gasteiger partial charge in [0.15, 0.2) is 0 Å². The maximum atomic E-state index is 12.5. The zero-order valence-electron chi connectivity index (χ0n) is 11.5. The second kappa shape index (κ2) is 5.90.